The number of allylic oxidation sites excluding steroid dienone is 4. The van der Waals surface area contributed by atoms with Gasteiger partial charge in [-0.15, -0.1) is 5.92 Å². The van der Waals surface area contributed by atoms with Crippen molar-refractivity contribution in [3.8, 4) is 11.8 Å². The van der Waals surface area contributed by atoms with Crippen LogP contribution in [0.15, 0.2) is 24.3 Å². The van der Waals surface area contributed by atoms with Crippen LogP contribution in [0.3, 0.4) is 0 Å². The molecule has 0 aliphatic rings. The third-order valence-electron chi connectivity index (χ3n) is 0.627. The predicted molar refractivity (Wildman–Crippen MR) is 37.4 cm³/mol. The maximum Gasteiger partial charge on any atom is -0.00235 e. The second kappa shape index (κ2) is 6.04. The number of rotatable bonds is 1. The summed E-state index contributed by atoms with van der Waals surface area (Å²) >= 11 is 0. The van der Waals surface area contributed by atoms with Crippen LogP contribution in [0, 0.1) is 11.8 Å². The van der Waals surface area contributed by atoms with Crippen molar-refractivity contribution in [2.75, 3.05) is 0 Å². The average Bonchev–Trinajstić information content (AvgIpc) is 1.81. The minimum absolute atomic E-state index is 1.82. The molecule has 0 rings (SSSR count). The van der Waals surface area contributed by atoms with Gasteiger partial charge in [-0.1, -0.05) is 24.1 Å². The van der Waals surface area contributed by atoms with E-state index in [9.17, 15) is 0 Å². The number of hydrogen-bond donors (Lipinski definition) is 0. The Morgan fingerprint density at radius 1 is 1.25 bits per heavy atom. The molecule has 0 saturated carbocycles. The van der Waals surface area contributed by atoms with Gasteiger partial charge in [0.2, 0.25) is 0 Å². The summed E-state index contributed by atoms with van der Waals surface area (Å²) in [6.07, 6.45) is 7.65. The molecule has 0 aliphatic heterocycles. The van der Waals surface area contributed by atoms with Crippen molar-refractivity contribution in [3.63, 3.8) is 0 Å². The first-order valence-electron chi connectivity index (χ1n) is 2.62. The van der Waals surface area contributed by atoms with Gasteiger partial charge >= 0.3 is 0 Å². The van der Waals surface area contributed by atoms with Crippen molar-refractivity contribution in [1.29, 1.82) is 0 Å². The van der Waals surface area contributed by atoms with Crippen LogP contribution in [0.1, 0.15) is 13.8 Å². The molecular formula is C8H10. The summed E-state index contributed by atoms with van der Waals surface area (Å²) in [5.41, 5.74) is 0. The van der Waals surface area contributed by atoms with E-state index in [1.807, 2.05) is 38.2 Å². The zero-order valence-corrected chi connectivity index (χ0v) is 5.31. The van der Waals surface area contributed by atoms with Gasteiger partial charge in [0, 0.05) is 0 Å². The summed E-state index contributed by atoms with van der Waals surface area (Å²) in [6.45, 7) is 3.80. The highest BCUT2D eigenvalue weighted by Crippen LogP contribution is 1.72. The van der Waals surface area contributed by atoms with E-state index in [1.165, 1.54) is 0 Å². The van der Waals surface area contributed by atoms with Crippen molar-refractivity contribution in [2.24, 2.45) is 0 Å². The van der Waals surface area contributed by atoms with Gasteiger partial charge in [0.1, 0.15) is 0 Å². The molecule has 8 heavy (non-hydrogen) atoms. The lowest BCUT2D eigenvalue weighted by atomic mass is 10.4. The maximum absolute atomic E-state index is 2.80. The molecule has 0 radical (unpaired) electrons. The van der Waals surface area contributed by atoms with Gasteiger partial charge in [0.25, 0.3) is 0 Å². The molecule has 0 spiro atoms. The predicted octanol–water partition coefficient (Wildman–Crippen LogP) is 2.14. The summed E-state index contributed by atoms with van der Waals surface area (Å²) < 4.78 is 0. The Morgan fingerprint density at radius 2 is 2.00 bits per heavy atom. The smallest absolute Gasteiger partial charge is 0.00235 e. The normalized spacial score (nSPS) is 9.75. The van der Waals surface area contributed by atoms with E-state index in [2.05, 4.69) is 11.8 Å². The lowest BCUT2D eigenvalue weighted by molar-refractivity contribution is 1.73. The molecule has 0 saturated heterocycles. The minimum Gasteiger partial charge on any atom is -0.102 e. The van der Waals surface area contributed by atoms with E-state index in [0.717, 1.165) is 0 Å². The van der Waals surface area contributed by atoms with Crippen molar-refractivity contribution in [3.05, 3.63) is 24.3 Å². The van der Waals surface area contributed by atoms with Gasteiger partial charge in [-0.25, -0.2) is 0 Å². The summed E-state index contributed by atoms with van der Waals surface area (Å²) in [4.78, 5) is 0. The lowest BCUT2D eigenvalue weighted by Crippen LogP contribution is -1.46. The van der Waals surface area contributed by atoms with E-state index in [4.69, 9.17) is 0 Å². The van der Waals surface area contributed by atoms with Crippen molar-refractivity contribution < 1.29 is 0 Å². The molecular weight excluding hydrogens is 96.1 g/mol. The molecule has 0 aromatic heterocycles. The SMILES string of the molecule is CC#CC=CC=CC. The quantitative estimate of drug-likeness (QED) is 0.355. The summed E-state index contributed by atoms with van der Waals surface area (Å²) in [7, 11) is 0. The Labute approximate surface area is 50.9 Å². The molecule has 0 bridgehead atoms. The topological polar surface area (TPSA) is 0 Å². The molecule has 0 N–H and O–H groups in total. The monoisotopic (exact) mass is 106 g/mol. The van der Waals surface area contributed by atoms with Gasteiger partial charge < -0.3 is 0 Å². The highest BCUT2D eigenvalue weighted by Gasteiger charge is 1.53. The summed E-state index contributed by atoms with van der Waals surface area (Å²) in [5.74, 6) is 5.56. The molecule has 0 heterocycles. The van der Waals surface area contributed by atoms with Gasteiger partial charge in [-0.2, -0.15) is 0 Å². The van der Waals surface area contributed by atoms with Crippen LogP contribution in [-0.2, 0) is 0 Å². The molecule has 0 atom stereocenters. The lowest BCUT2D eigenvalue weighted by Gasteiger charge is -1.64. The van der Waals surface area contributed by atoms with E-state index in [0.29, 0.717) is 0 Å². The van der Waals surface area contributed by atoms with Crippen molar-refractivity contribution in [1.82, 2.24) is 0 Å². The van der Waals surface area contributed by atoms with Crippen LogP contribution in [0.2, 0.25) is 0 Å². The Bertz CT molecular complexity index is 139. The third-order valence-corrected chi connectivity index (χ3v) is 0.627. The molecule has 42 valence electrons. The van der Waals surface area contributed by atoms with Crippen molar-refractivity contribution >= 4 is 0 Å². The maximum atomic E-state index is 2.80. The zero-order valence-electron chi connectivity index (χ0n) is 5.31. The fourth-order valence-electron chi connectivity index (χ4n) is 0.298. The van der Waals surface area contributed by atoms with E-state index in [-0.39, 0.29) is 0 Å². The van der Waals surface area contributed by atoms with Gasteiger partial charge in [0.05, 0.1) is 0 Å². The fraction of sp³-hybridized carbons (Fsp3) is 0.250. The minimum atomic E-state index is 1.82. The second-order valence-corrected chi connectivity index (χ2v) is 1.28. The second-order valence-electron chi connectivity index (χ2n) is 1.28. The first-order valence-corrected chi connectivity index (χ1v) is 2.62. The molecule has 0 unspecified atom stereocenters. The average molecular weight is 106 g/mol. The molecule has 0 aromatic rings. The van der Waals surface area contributed by atoms with Crippen LogP contribution in [-0.4, -0.2) is 0 Å². The Morgan fingerprint density at radius 3 is 2.50 bits per heavy atom. The highest BCUT2D eigenvalue weighted by molar-refractivity contribution is 5.18. The van der Waals surface area contributed by atoms with Gasteiger partial charge in [-0.05, 0) is 19.9 Å². The standard InChI is InChI=1S/C8H10/c1-3-5-7-8-6-4-2/h3,5,7-8H,1-2H3. The number of hydrogen-bond acceptors (Lipinski definition) is 0. The highest BCUT2D eigenvalue weighted by atomic mass is 13.6. The Hall–Kier alpha value is -0.960. The van der Waals surface area contributed by atoms with Crippen molar-refractivity contribution in [2.45, 2.75) is 13.8 Å². The molecule has 0 aromatic carbocycles. The van der Waals surface area contributed by atoms with E-state index < -0.39 is 0 Å². The Kier molecular flexibility index (Phi) is 5.32. The van der Waals surface area contributed by atoms with Crippen LogP contribution in [0.4, 0.5) is 0 Å². The molecule has 0 nitrogen and oxygen atoms in total. The largest absolute Gasteiger partial charge is 0.102 e. The van der Waals surface area contributed by atoms with Crippen LogP contribution >= 0.6 is 0 Å². The van der Waals surface area contributed by atoms with E-state index in [1.54, 1.807) is 0 Å². The summed E-state index contributed by atoms with van der Waals surface area (Å²) in [6, 6.07) is 0. The van der Waals surface area contributed by atoms with E-state index >= 15 is 0 Å². The first-order chi connectivity index (χ1) is 3.91. The Balaban J connectivity index is 3.45. The molecule has 0 fully saturated rings. The fourth-order valence-corrected chi connectivity index (χ4v) is 0.298. The molecule has 0 amide bonds. The van der Waals surface area contributed by atoms with Crippen LogP contribution < -0.4 is 0 Å². The summed E-state index contributed by atoms with van der Waals surface area (Å²) in [5, 5.41) is 0. The van der Waals surface area contributed by atoms with Crippen LogP contribution in [0.25, 0.3) is 0 Å². The molecule has 0 aliphatic carbocycles. The molecule has 0 heteroatoms. The zero-order chi connectivity index (χ0) is 6.24. The first kappa shape index (κ1) is 7.04. The van der Waals surface area contributed by atoms with Crippen LogP contribution in [0.5, 0.6) is 0 Å². The third kappa shape index (κ3) is 5.04. The van der Waals surface area contributed by atoms with Gasteiger partial charge in [0.15, 0.2) is 0 Å². The van der Waals surface area contributed by atoms with Gasteiger partial charge in [-0.3, -0.25) is 0 Å².